The van der Waals surface area contributed by atoms with Crippen LogP contribution in [-0.4, -0.2) is 34.0 Å². The lowest BCUT2D eigenvalue weighted by Gasteiger charge is -2.26. The van der Waals surface area contributed by atoms with Gasteiger partial charge in [-0.05, 0) is 65.9 Å². The molecule has 7 heteroatoms. The van der Waals surface area contributed by atoms with E-state index in [0.29, 0.717) is 16.9 Å². The van der Waals surface area contributed by atoms with Crippen molar-refractivity contribution in [2.45, 2.75) is 32.7 Å². The number of ether oxygens (including phenoxy) is 1. The number of methoxy groups -OCH3 is 1. The first kappa shape index (κ1) is 23.0. The fourth-order valence-electron chi connectivity index (χ4n) is 4.25. The number of rotatable bonds is 5. The largest absolute Gasteiger partial charge is 0.507 e. The molecule has 3 aromatic rings. The molecule has 4 rings (SSSR count). The van der Waals surface area contributed by atoms with Crippen molar-refractivity contribution in [3.05, 3.63) is 88.8 Å². The molecule has 2 aromatic carbocycles. The van der Waals surface area contributed by atoms with Crippen LogP contribution in [0, 0.1) is 6.92 Å². The van der Waals surface area contributed by atoms with Crippen LogP contribution in [0.2, 0.25) is 0 Å². The molecule has 1 fully saturated rings. The van der Waals surface area contributed by atoms with Crippen molar-refractivity contribution in [1.29, 1.82) is 0 Å². The number of hydrogen-bond donors (Lipinski definition) is 2. The van der Waals surface area contributed by atoms with Gasteiger partial charge in [0.05, 0.1) is 24.4 Å². The molecule has 1 aliphatic heterocycles. The van der Waals surface area contributed by atoms with Crippen molar-refractivity contribution in [2.75, 3.05) is 12.0 Å². The van der Waals surface area contributed by atoms with E-state index in [9.17, 15) is 19.8 Å². The summed E-state index contributed by atoms with van der Waals surface area (Å²) < 4.78 is 5.43. The van der Waals surface area contributed by atoms with Crippen LogP contribution in [0.5, 0.6) is 11.5 Å². The summed E-state index contributed by atoms with van der Waals surface area (Å²) in [6, 6.07) is 12.4. The average Bonchev–Trinajstić information content (AvgIpc) is 3.10. The number of aromatic nitrogens is 1. The van der Waals surface area contributed by atoms with Crippen molar-refractivity contribution in [3.8, 4) is 11.5 Å². The highest BCUT2D eigenvalue weighted by Crippen LogP contribution is 2.45. The van der Waals surface area contributed by atoms with Crippen molar-refractivity contribution in [1.82, 2.24) is 4.98 Å². The zero-order valence-corrected chi connectivity index (χ0v) is 19.4. The summed E-state index contributed by atoms with van der Waals surface area (Å²) >= 11 is 0. The molecule has 0 saturated carbocycles. The minimum Gasteiger partial charge on any atom is -0.507 e. The third kappa shape index (κ3) is 3.90. The second-order valence-corrected chi connectivity index (χ2v) is 8.56. The highest BCUT2D eigenvalue weighted by atomic mass is 16.5. The molecule has 0 bridgehead atoms. The normalized spacial score (nSPS) is 17.4. The molecular formula is C27H26N2O5. The Labute approximate surface area is 198 Å². The molecule has 2 heterocycles. The molecule has 1 amide bonds. The number of carbonyl (C=O) groups excluding carboxylic acids is 2. The number of amides is 1. The Bertz CT molecular complexity index is 1300. The summed E-state index contributed by atoms with van der Waals surface area (Å²) in [4.78, 5) is 31.9. The van der Waals surface area contributed by atoms with Gasteiger partial charge in [0.15, 0.2) is 0 Å². The number of nitrogens with zero attached hydrogens (tertiary/aromatic N) is 2. The van der Waals surface area contributed by atoms with E-state index in [0.717, 1.165) is 11.1 Å². The van der Waals surface area contributed by atoms with Crippen LogP contribution >= 0.6 is 0 Å². The average molecular weight is 459 g/mol. The quantitative estimate of drug-likeness (QED) is 0.322. The van der Waals surface area contributed by atoms with Crippen LogP contribution < -0.4 is 9.64 Å². The van der Waals surface area contributed by atoms with Gasteiger partial charge < -0.3 is 14.9 Å². The number of ketones is 1. The van der Waals surface area contributed by atoms with E-state index in [1.54, 1.807) is 55.8 Å². The topological polar surface area (TPSA) is 100.0 Å². The number of Topliss-reactive ketones (excluding diaryl/α,β-unsaturated/α-hetero) is 1. The minimum absolute atomic E-state index is 0.0706. The predicted molar refractivity (Wildman–Crippen MR) is 129 cm³/mol. The molecule has 1 atom stereocenters. The Morgan fingerprint density at radius 1 is 1.12 bits per heavy atom. The first-order chi connectivity index (χ1) is 16.2. The van der Waals surface area contributed by atoms with Crippen LogP contribution in [0.15, 0.2) is 66.5 Å². The van der Waals surface area contributed by atoms with Gasteiger partial charge in [-0.2, -0.15) is 0 Å². The zero-order chi connectivity index (χ0) is 24.6. The van der Waals surface area contributed by atoms with Crippen LogP contribution in [0.1, 0.15) is 48.1 Å². The van der Waals surface area contributed by atoms with Crippen LogP contribution in [0.25, 0.3) is 5.76 Å². The molecular weight excluding hydrogens is 432 g/mol. The highest BCUT2D eigenvalue weighted by Gasteiger charge is 2.47. The Hall–Kier alpha value is -4.13. The van der Waals surface area contributed by atoms with E-state index < -0.39 is 17.7 Å². The van der Waals surface area contributed by atoms with Gasteiger partial charge in [-0.1, -0.05) is 26.0 Å². The van der Waals surface area contributed by atoms with Gasteiger partial charge in [0.2, 0.25) is 0 Å². The van der Waals surface area contributed by atoms with Crippen molar-refractivity contribution in [3.63, 3.8) is 0 Å². The van der Waals surface area contributed by atoms with Gasteiger partial charge in [-0.3, -0.25) is 19.5 Å². The molecule has 1 aromatic heterocycles. The number of hydrogen-bond acceptors (Lipinski definition) is 6. The number of aliphatic hydroxyl groups excluding tert-OH is 1. The molecule has 174 valence electrons. The number of carbonyl (C=O) groups is 2. The molecule has 1 saturated heterocycles. The molecule has 34 heavy (non-hydrogen) atoms. The van der Waals surface area contributed by atoms with Gasteiger partial charge in [0.1, 0.15) is 17.3 Å². The summed E-state index contributed by atoms with van der Waals surface area (Å²) in [5, 5.41) is 21.9. The lowest BCUT2D eigenvalue weighted by Crippen LogP contribution is -2.29. The van der Waals surface area contributed by atoms with Gasteiger partial charge >= 0.3 is 0 Å². The number of phenolic OH excluding ortho intramolecular Hbond substituents is 1. The molecule has 0 aliphatic carbocycles. The summed E-state index contributed by atoms with van der Waals surface area (Å²) in [6.07, 6.45) is 3.12. The number of aryl methyl sites for hydroxylation is 1. The van der Waals surface area contributed by atoms with E-state index in [-0.39, 0.29) is 28.7 Å². The monoisotopic (exact) mass is 458 g/mol. The fraction of sp³-hybridized carbons (Fsp3) is 0.222. The van der Waals surface area contributed by atoms with Gasteiger partial charge in [0.25, 0.3) is 11.7 Å². The summed E-state index contributed by atoms with van der Waals surface area (Å²) in [6.45, 7) is 5.82. The first-order valence-corrected chi connectivity index (χ1v) is 10.9. The minimum atomic E-state index is -0.967. The lowest BCUT2D eigenvalue weighted by molar-refractivity contribution is -0.132. The molecule has 7 nitrogen and oxygen atoms in total. The standard InChI is InChI=1S/C27H26N2O5/c1-15(2)19-13-17(8-10-22(19)34-4)25(31)23-24(18-6-5-11-28-14-18)29(27(33)26(23)32)20-12-16(3)7-9-21(20)30/h5-15,24,30-31H,1-4H3/b25-23-. The summed E-state index contributed by atoms with van der Waals surface area (Å²) in [5.74, 6) is -1.36. The second kappa shape index (κ2) is 9.02. The van der Waals surface area contributed by atoms with E-state index in [1.807, 2.05) is 20.8 Å². The van der Waals surface area contributed by atoms with Crippen LogP contribution in [0.4, 0.5) is 5.69 Å². The van der Waals surface area contributed by atoms with Gasteiger partial charge in [-0.15, -0.1) is 0 Å². The number of phenols is 1. The second-order valence-electron chi connectivity index (χ2n) is 8.56. The van der Waals surface area contributed by atoms with E-state index in [2.05, 4.69) is 4.98 Å². The lowest BCUT2D eigenvalue weighted by atomic mass is 9.93. The SMILES string of the molecule is COc1ccc(/C(O)=C2/C(=O)C(=O)N(c3cc(C)ccc3O)C2c2cccnc2)cc1C(C)C. The number of anilines is 1. The van der Waals surface area contributed by atoms with E-state index in [1.165, 1.54) is 17.2 Å². The fourth-order valence-corrected chi connectivity index (χ4v) is 4.25. The van der Waals surface area contributed by atoms with E-state index >= 15 is 0 Å². The summed E-state index contributed by atoms with van der Waals surface area (Å²) in [5.41, 5.74) is 2.70. The molecule has 0 radical (unpaired) electrons. The highest BCUT2D eigenvalue weighted by molar-refractivity contribution is 6.51. The van der Waals surface area contributed by atoms with Crippen molar-refractivity contribution >= 4 is 23.1 Å². The molecule has 0 spiro atoms. The molecule has 2 N–H and O–H groups in total. The number of aromatic hydroxyl groups is 1. The third-order valence-electron chi connectivity index (χ3n) is 5.96. The Kier molecular flexibility index (Phi) is 6.11. The Morgan fingerprint density at radius 3 is 2.53 bits per heavy atom. The maximum absolute atomic E-state index is 13.3. The first-order valence-electron chi connectivity index (χ1n) is 10.9. The maximum atomic E-state index is 13.3. The predicted octanol–water partition coefficient (Wildman–Crippen LogP) is 4.85. The van der Waals surface area contributed by atoms with Crippen molar-refractivity contribution < 1.29 is 24.5 Å². The van der Waals surface area contributed by atoms with Crippen LogP contribution in [-0.2, 0) is 9.59 Å². The van der Waals surface area contributed by atoms with Gasteiger partial charge in [0, 0.05) is 18.0 Å². The Balaban J connectivity index is 1.97. The maximum Gasteiger partial charge on any atom is 0.300 e. The molecule has 1 unspecified atom stereocenters. The number of benzene rings is 2. The summed E-state index contributed by atoms with van der Waals surface area (Å²) in [7, 11) is 1.57. The molecule has 1 aliphatic rings. The Morgan fingerprint density at radius 2 is 1.88 bits per heavy atom. The van der Waals surface area contributed by atoms with Gasteiger partial charge in [-0.25, -0.2) is 0 Å². The number of aliphatic hydroxyl groups is 1. The smallest absolute Gasteiger partial charge is 0.300 e. The number of pyridine rings is 1. The zero-order valence-electron chi connectivity index (χ0n) is 19.4. The van der Waals surface area contributed by atoms with Crippen LogP contribution in [0.3, 0.4) is 0 Å². The third-order valence-corrected chi connectivity index (χ3v) is 5.96. The van der Waals surface area contributed by atoms with E-state index in [4.69, 9.17) is 4.74 Å². The van der Waals surface area contributed by atoms with Crippen molar-refractivity contribution in [2.24, 2.45) is 0 Å².